The second-order valence-electron chi connectivity index (χ2n) is 2.83. The minimum absolute atomic E-state index is 0.199. The molecule has 1 atom stereocenters. The van der Waals surface area contributed by atoms with Crippen LogP contribution in [0.3, 0.4) is 0 Å². The number of benzene rings is 1. The molecule has 0 fully saturated rings. The summed E-state index contributed by atoms with van der Waals surface area (Å²) in [5, 5.41) is 3.95. The number of terminal acetylenes is 1. The number of rotatable bonds is 3. The number of nitrogens with one attached hydrogen (secondary N) is 1. The maximum Gasteiger partial charge on any atom is 0.0578 e. The minimum Gasteiger partial charge on any atom is -0.300 e. The van der Waals surface area contributed by atoms with E-state index in [2.05, 4.69) is 11.2 Å². The third-order valence-corrected chi connectivity index (χ3v) is 2.23. The van der Waals surface area contributed by atoms with Crippen molar-refractivity contribution in [1.29, 1.82) is 0 Å². The van der Waals surface area contributed by atoms with E-state index in [9.17, 15) is 0 Å². The van der Waals surface area contributed by atoms with Crippen LogP contribution >= 0.6 is 11.6 Å². The second kappa shape index (κ2) is 4.91. The summed E-state index contributed by atoms with van der Waals surface area (Å²) in [5.41, 5.74) is 1.08. The molecule has 0 aromatic heterocycles. The third-order valence-electron chi connectivity index (χ3n) is 1.88. The van der Waals surface area contributed by atoms with Gasteiger partial charge in [0.1, 0.15) is 0 Å². The Bertz CT molecular complexity index is 314. The normalized spacial score (nSPS) is 12.1. The van der Waals surface area contributed by atoms with Gasteiger partial charge >= 0.3 is 0 Å². The zero-order chi connectivity index (χ0) is 9.68. The smallest absolute Gasteiger partial charge is 0.0578 e. The summed E-state index contributed by atoms with van der Waals surface area (Å²) < 4.78 is 0. The molecule has 0 aliphatic rings. The van der Waals surface area contributed by atoms with Gasteiger partial charge in [0.15, 0.2) is 0 Å². The van der Waals surface area contributed by atoms with E-state index in [1.807, 2.05) is 31.2 Å². The molecule has 0 saturated carbocycles. The predicted octanol–water partition coefficient (Wildman–Crippen LogP) is 2.62. The zero-order valence-corrected chi connectivity index (χ0v) is 8.31. The molecular weight excluding hydrogens is 182 g/mol. The largest absolute Gasteiger partial charge is 0.300 e. The quantitative estimate of drug-likeness (QED) is 0.728. The molecule has 0 aliphatic heterocycles. The SMILES string of the molecule is C#CCNC(C)c1ccccc1Cl. The fourth-order valence-electron chi connectivity index (χ4n) is 1.15. The molecule has 1 nitrogen and oxygen atoms in total. The van der Waals surface area contributed by atoms with E-state index in [1.54, 1.807) is 0 Å². The first-order valence-electron chi connectivity index (χ1n) is 4.17. The molecule has 1 rings (SSSR count). The van der Waals surface area contributed by atoms with Crippen LogP contribution in [-0.2, 0) is 0 Å². The molecule has 13 heavy (non-hydrogen) atoms. The van der Waals surface area contributed by atoms with Crippen molar-refractivity contribution in [2.75, 3.05) is 6.54 Å². The van der Waals surface area contributed by atoms with E-state index in [1.165, 1.54) is 0 Å². The molecule has 1 N–H and O–H groups in total. The molecule has 68 valence electrons. The molecule has 0 heterocycles. The van der Waals surface area contributed by atoms with Crippen molar-refractivity contribution >= 4 is 11.6 Å². The topological polar surface area (TPSA) is 12.0 Å². The van der Waals surface area contributed by atoms with Crippen molar-refractivity contribution in [2.24, 2.45) is 0 Å². The molecule has 0 saturated heterocycles. The van der Waals surface area contributed by atoms with E-state index in [4.69, 9.17) is 18.0 Å². The van der Waals surface area contributed by atoms with Crippen molar-refractivity contribution in [2.45, 2.75) is 13.0 Å². The second-order valence-corrected chi connectivity index (χ2v) is 3.24. The Morgan fingerprint density at radius 3 is 2.85 bits per heavy atom. The van der Waals surface area contributed by atoms with Crippen LogP contribution in [0.25, 0.3) is 0 Å². The van der Waals surface area contributed by atoms with Gasteiger partial charge in [-0.3, -0.25) is 5.32 Å². The Morgan fingerprint density at radius 2 is 2.23 bits per heavy atom. The monoisotopic (exact) mass is 193 g/mol. The van der Waals surface area contributed by atoms with E-state index in [0.717, 1.165) is 10.6 Å². The summed E-state index contributed by atoms with van der Waals surface area (Å²) in [4.78, 5) is 0. The average molecular weight is 194 g/mol. The molecule has 0 aliphatic carbocycles. The first-order chi connectivity index (χ1) is 6.25. The van der Waals surface area contributed by atoms with Gasteiger partial charge in [0, 0.05) is 11.1 Å². The maximum atomic E-state index is 6.01. The predicted molar refractivity (Wildman–Crippen MR) is 56.7 cm³/mol. The molecule has 0 amide bonds. The fraction of sp³-hybridized carbons (Fsp3) is 0.273. The summed E-state index contributed by atoms with van der Waals surface area (Å²) in [7, 11) is 0. The Balaban J connectivity index is 2.72. The molecule has 1 unspecified atom stereocenters. The van der Waals surface area contributed by atoms with Crippen molar-refractivity contribution in [3.8, 4) is 12.3 Å². The molecule has 0 spiro atoms. The van der Waals surface area contributed by atoms with Gasteiger partial charge in [-0.05, 0) is 18.6 Å². The van der Waals surface area contributed by atoms with Crippen LogP contribution in [0.2, 0.25) is 5.02 Å². The highest BCUT2D eigenvalue weighted by molar-refractivity contribution is 6.31. The lowest BCUT2D eigenvalue weighted by molar-refractivity contribution is 0.623. The fourth-order valence-corrected chi connectivity index (χ4v) is 1.45. The van der Waals surface area contributed by atoms with E-state index < -0.39 is 0 Å². The molecule has 1 aromatic rings. The van der Waals surface area contributed by atoms with E-state index in [0.29, 0.717) is 6.54 Å². The third kappa shape index (κ3) is 2.77. The molecule has 1 aromatic carbocycles. The van der Waals surface area contributed by atoms with Gasteiger partial charge in [-0.25, -0.2) is 0 Å². The van der Waals surface area contributed by atoms with Gasteiger partial charge in [0.2, 0.25) is 0 Å². The van der Waals surface area contributed by atoms with Crippen molar-refractivity contribution in [3.05, 3.63) is 34.9 Å². The van der Waals surface area contributed by atoms with Gasteiger partial charge in [-0.15, -0.1) is 6.42 Å². The molecule has 0 radical (unpaired) electrons. The van der Waals surface area contributed by atoms with Gasteiger partial charge < -0.3 is 0 Å². The lowest BCUT2D eigenvalue weighted by Crippen LogP contribution is -2.18. The van der Waals surface area contributed by atoms with Gasteiger partial charge in [0.05, 0.1) is 6.54 Å². The summed E-state index contributed by atoms with van der Waals surface area (Å²) in [5.74, 6) is 2.53. The summed E-state index contributed by atoms with van der Waals surface area (Å²) in [6, 6.07) is 7.96. The van der Waals surface area contributed by atoms with Crippen LogP contribution in [0.4, 0.5) is 0 Å². The molecule has 0 bridgehead atoms. The minimum atomic E-state index is 0.199. The zero-order valence-electron chi connectivity index (χ0n) is 7.55. The standard InChI is InChI=1S/C11H12ClN/c1-3-8-13-9(2)10-6-4-5-7-11(10)12/h1,4-7,9,13H,8H2,2H3. The van der Waals surface area contributed by atoms with Crippen LogP contribution in [0, 0.1) is 12.3 Å². The van der Waals surface area contributed by atoms with Gasteiger partial charge in [0.25, 0.3) is 0 Å². The highest BCUT2D eigenvalue weighted by Crippen LogP contribution is 2.21. The van der Waals surface area contributed by atoms with E-state index >= 15 is 0 Å². The van der Waals surface area contributed by atoms with E-state index in [-0.39, 0.29) is 6.04 Å². The molecular formula is C11H12ClN. The summed E-state index contributed by atoms with van der Waals surface area (Å²) in [6.45, 7) is 2.60. The van der Waals surface area contributed by atoms with Crippen LogP contribution in [-0.4, -0.2) is 6.54 Å². The lowest BCUT2D eigenvalue weighted by Gasteiger charge is -2.13. The summed E-state index contributed by atoms with van der Waals surface area (Å²) in [6.07, 6.45) is 5.15. The van der Waals surface area contributed by atoms with Crippen molar-refractivity contribution in [3.63, 3.8) is 0 Å². The van der Waals surface area contributed by atoms with Crippen LogP contribution in [0.15, 0.2) is 24.3 Å². The Labute approximate surface area is 84.1 Å². The Hall–Kier alpha value is -0.970. The van der Waals surface area contributed by atoms with Crippen LogP contribution in [0.5, 0.6) is 0 Å². The molecule has 2 heteroatoms. The highest BCUT2D eigenvalue weighted by atomic mass is 35.5. The lowest BCUT2D eigenvalue weighted by atomic mass is 10.1. The van der Waals surface area contributed by atoms with Crippen molar-refractivity contribution in [1.82, 2.24) is 5.32 Å². The van der Waals surface area contributed by atoms with Gasteiger partial charge in [-0.2, -0.15) is 0 Å². The maximum absolute atomic E-state index is 6.01. The Morgan fingerprint density at radius 1 is 1.54 bits per heavy atom. The first kappa shape index (κ1) is 10.1. The van der Waals surface area contributed by atoms with Crippen LogP contribution in [0.1, 0.15) is 18.5 Å². The highest BCUT2D eigenvalue weighted by Gasteiger charge is 2.06. The van der Waals surface area contributed by atoms with Crippen LogP contribution < -0.4 is 5.32 Å². The van der Waals surface area contributed by atoms with Gasteiger partial charge in [-0.1, -0.05) is 35.7 Å². The number of halogens is 1. The summed E-state index contributed by atoms with van der Waals surface area (Å²) >= 11 is 6.01. The Kier molecular flexibility index (Phi) is 3.82. The average Bonchev–Trinajstić information content (AvgIpc) is 2.15. The van der Waals surface area contributed by atoms with Crippen molar-refractivity contribution < 1.29 is 0 Å². The number of hydrogen-bond acceptors (Lipinski definition) is 1. The first-order valence-corrected chi connectivity index (χ1v) is 4.54. The number of hydrogen-bond donors (Lipinski definition) is 1.